The van der Waals surface area contributed by atoms with Gasteiger partial charge in [0.25, 0.3) is 11.8 Å². The van der Waals surface area contributed by atoms with Gasteiger partial charge in [-0.2, -0.15) is 0 Å². The summed E-state index contributed by atoms with van der Waals surface area (Å²) < 4.78 is 5.14. The first-order chi connectivity index (χ1) is 15.8. The van der Waals surface area contributed by atoms with Crippen LogP contribution in [0.5, 0.6) is 5.75 Å². The molecule has 0 spiro atoms. The highest BCUT2D eigenvalue weighted by atomic mass is 32.2. The third-order valence-electron chi connectivity index (χ3n) is 4.59. The van der Waals surface area contributed by atoms with Crippen molar-refractivity contribution in [2.45, 2.75) is 41.8 Å². The van der Waals surface area contributed by atoms with Gasteiger partial charge in [-0.05, 0) is 68.8 Å². The molecule has 7 nitrogen and oxygen atoms in total. The van der Waals surface area contributed by atoms with E-state index in [2.05, 4.69) is 20.8 Å². The molecule has 0 radical (unpaired) electrons. The van der Waals surface area contributed by atoms with E-state index in [9.17, 15) is 9.59 Å². The number of methoxy groups -OCH3 is 1. The van der Waals surface area contributed by atoms with Crippen molar-refractivity contribution in [2.24, 2.45) is 0 Å². The molecule has 2 aromatic carbocycles. The van der Waals surface area contributed by atoms with E-state index in [0.29, 0.717) is 11.3 Å². The zero-order valence-corrected chi connectivity index (χ0v) is 20.5. The molecule has 0 aliphatic heterocycles. The standard InChI is InChI=1S/C24H26N4O3S2/c1-15-13-16(2)26-24(25-15)32-14-18-5-7-19(8-6-18)23(30)28-27-22(29)17(3)33-21-11-9-20(31-4)10-12-21/h5-13,17H,14H2,1-4H3,(H,27,29)(H,28,30). The molecule has 172 valence electrons. The number of carbonyl (C=O) groups is 2. The molecule has 1 unspecified atom stereocenters. The summed E-state index contributed by atoms with van der Waals surface area (Å²) in [5, 5.41) is 0.351. The molecule has 0 saturated carbocycles. The lowest BCUT2D eigenvalue weighted by Crippen LogP contribution is -2.44. The number of nitrogens with zero attached hydrogens (tertiary/aromatic N) is 2. The van der Waals surface area contributed by atoms with Crippen LogP contribution in [0.3, 0.4) is 0 Å². The first-order valence-electron chi connectivity index (χ1n) is 10.3. The summed E-state index contributed by atoms with van der Waals surface area (Å²) in [6.45, 7) is 5.68. The van der Waals surface area contributed by atoms with Gasteiger partial charge >= 0.3 is 0 Å². The Labute approximate surface area is 202 Å². The Bertz CT molecular complexity index is 1090. The number of carbonyl (C=O) groups excluding carboxylic acids is 2. The van der Waals surface area contributed by atoms with E-state index in [1.807, 2.05) is 56.3 Å². The zero-order valence-electron chi connectivity index (χ0n) is 18.9. The highest BCUT2D eigenvalue weighted by molar-refractivity contribution is 8.00. The van der Waals surface area contributed by atoms with Crippen molar-refractivity contribution in [3.63, 3.8) is 0 Å². The van der Waals surface area contributed by atoms with Gasteiger partial charge in [-0.15, -0.1) is 11.8 Å². The van der Waals surface area contributed by atoms with E-state index in [0.717, 1.165) is 32.8 Å². The first-order valence-corrected chi connectivity index (χ1v) is 12.2. The van der Waals surface area contributed by atoms with Crippen LogP contribution in [0.15, 0.2) is 64.6 Å². The van der Waals surface area contributed by atoms with Crippen LogP contribution in [0, 0.1) is 13.8 Å². The van der Waals surface area contributed by atoms with E-state index < -0.39 is 0 Å². The Morgan fingerprint density at radius 1 is 0.970 bits per heavy atom. The summed E-state index contributed by atoms with van der Waals surface area (Å²) >= 11 is 2.94. The highest BCUT2D eigenvalue weighted by Crippen LogP contribution is 2.25. The lowest BCUT2D eigenvalue weighted by molar-refractivity contribution is -0.121. The van der Waals surface area contributed by atoms with E-state index in [4.69, 9.17) is 4.74 Å². The van der Waals surface area contributed by atoms with E-state index >= 15 is 0 Å². The second-order valence-electron chi connectivity index (χ2n) is 7.30. The number of thioether (sulfide) groups is 2. The Morgan fingerprint density at radius 3 is 2.21 bits per heavy atom. The largest absolute Gasteiger partial charge is 0.497 e. The molecule has 0 bridgehead atoms. The second kappa shape index (κ2) is 11.7. The predicted octanol–water partition coefficient (Wildman–Crippen LogP) is 4.34. The van der Waals surface area contributed by atoms with Gasteiger partial charge in [0, 0.05) is 27.6 Å². The van der Waals surface area contributed by atoms with Crippen LogP contribution in [-0.2, 0) is 10.5 Å². The van der Waals surface area contributed by atoms with Crippen LogP contribution in [0.2, 0.25) is 0 Å². The molecule has 0 aliphatic carbocycles. The molecule has 2 amide bonds. The fourth-order valence-corrected chi connectivity index (χ4v) is 4.64. The van der Waals surface area contributed by atoms with Crippen LogP contribution in [-0.4, -0.2) is 34.1 Å². The van der Waals surface area contributed by atoms with Crippen LogP contribution in [0.25, 0.3) is 0 Å². The lowest BCUT2D eigenvalue weighted by Gasteiger charge is -2.13. The summed E-state index contributed by atoms with van der Waals surface area (Å²) in [5.41, 5.74) is 8.36. The molecule has 3 aromatic rings. The van der Waals surface area contributed by atoms with E-state index in [1.54, 1.807) is 37.9 Å². The maximum atomic E-state index is 12.4. The van der Waals surface area contributed by atoms with Crippen LogP contribution in [0.1, 0.15) is 34.2 Å². The third kappa shape index (κ3) is 7.50. The van der Waals surface area contributed by atoms with Gasteiger partial charge in [0.2, 0.25) is 0 Å². The van der Waals surface area contributed by atoms with Crippen LogP contribution in [0.4, 0.5) is 0 Å². The fraction of sp³-hybridized carbons (Fsp3) is 0.250. The topological polar surface area (TPSA) is 93.2 Å². The zero-order chi connectivity index (χ0) is 23.8. The number of amides is 2. The molecule has 0 saturated heterocycles. The number of hydrogen-bond donors (Lipinski definition) is 2. The molecule has 3 rings (SSSR count). The smallest absolute Gasteiger partial charge is 0.269 e. The predicted molar refractivity (Wildman–Crippen MR) is 131 cm³/mol. The minimum Gasteiger partial charge on any atom is -0.497 e. The number of benzene rings is 2. The van der Waals surface area contributed by atoms with Gasteiger partial charge in [-0.25, -0.2) is 9.97 Å². The quantitative estimate of drug-likeness (QED) is 0.280. The summed E-state index contributed by atoms with van der Waals surface area (Å²) in [7, 11) is 1.61. The molecular weight excluding hydrogens is 456 g/mol. The van der Waals surface area contributed by atoms with Gasteiger partial charge < -0.3 is 4.74 Å². The van der Waals surface area contributed by atoms with Crippen molar-refractivity contribution in [1.29, 1.82) is 0 Å². The average Bonchev–Trinajstić information content (AvgIpc) is 2.81. The van der Waals surface area contributed by atoms with Crippen molar-refractivity contribution in [3.8, 4) is 5.75 Å². The van der Waals surface area contributed by atoms with Crippen molar-refractivity contribution in [2.75, 3.05) is 7.11 Å². The van der Waals surface area contributed by atoms with E-state index in [1.165, 1.54) is 11.8 Å². The number of hydrogen-bond acceptors (Lipinski definition) is 7. The van der Waals surface area contributed by atoms with Gasteiger partial charge in [-0.3, -0.25) is 20.4 Å². The third-order valence-corrected chi connectivity index (χ3v) is 6.62. The monoisotopic (exact) mass is 482 g/mol. The van der Waals surface area contributed by atoms with E-state index in [-0.39, 0.29) is 17.1 Å². The van der Waals surface area contributed by atoms with Crippen molar-refractivity contribution >= 4 is 35.3 Å². The van der Waals surface area contributed by atoms with Crippen molar-refractivity contribution in [1.82, 2.24) is 20.8 Å². The minimum atomic E-state index is -0.384. The molecule has 0 fully saturated rings. The molecule has 1 heterocycles. The summed E-state index contributed by atoms with van der Waals surface area (Å²) in [6, 6.07) is 16.6. The molecule has 1 atom stereocenters. The molecular formula is C24H26N4O3S2. The lowest BCUT2D eigenvalue weighted by atomic mass is 10.1. The minimum absolute atomic E-state index is 0.286. The average molecular weight is 483 g/mol. The molecule has 9 heteroatoms. The number of hydrazine groups is 1. The van der Waals surface area contributed by atoms with Gasteiger partial charge in [0.15, 0.2) is 5.16 Å². The van der Waals surface area contributed by atoms with Crippen LogP contribution >= 0.6 is 23.5 Å². The summed E-state index contributed by atoms with van der Waals surface area (Å²) in [4.78, 5) is 34.5. The number of aryl methyl sites for hydroxylation is 2. The SMILES string of the molecule is COc1ccc(SC(C)C(=O)NNC(=O)c2ccc(CSc3nc(C)cc(C)n3)cc2)cc1. The van der Waals surface area contributed by atoms with Gasteiger partial charge in [0.1, 0.15) is 5.75 Å². The Hall–Kier alpha value is -3.04. The fourth-order valence-electron chi connectivity index (χ4n) is 2.86. The maximum absolute atomic E-state index is 12.4. The Balaban J connectivity index is 1.46. The number of ether oxygens (including phenoxy) is 1. The number of nitrogens with one attached hydrogen (secondary N) is 2. The van der Waals surface area contributed by atoms with Crippen LogP contribution < -0.4 is 15.6 Å². The Morgan fingerprint density at radius 2 is 1.61 bits per heavy atom. The number of aromatic nitrogens is 2. The normalized spacial score (nSPS) is 11.5. The van der Waals surface area contributed by atoms with Gasteiger partial charge in [0.05, 0.1) is 12.4 Å². The first kappa shape index (κ1) is 24.6. The highest BCUT2D eigenvalue weighted by Gasteiger charge is 2.16. The second-order valence-corrected chi connectivity index (χ2v) is 9.65. The van der Waals surface area contributed by atoms with Crippen molar-refractivity contribution in [3.05, 3.63) is 77.1 Å². The molecule has 1 aromatic heterocycles. The summed E-state index contributed by atoms with van der Waals surface area (Å²) in [6.07, 6.45) is 0. The molecule has 2 N–H and O–H groups in total. The van der Waals surface area contributed by atoms with Gasteiger partial charge in [-0.1, -0.05) is 23.9 Å². The maximum Gasteiger partial charge on any atom is 0.269 e. The number of rotatable bonds is 8. The summed E-state index contributed by atoms with van der Waals surface area (Å²) in [5.74, 6) is 0.793. The molecule has 33 heavy (non-hydrogen) atoms. The molecule has 0 aliphatic rings. The Kier molecular flexibility index (Phi) is 8.73. The van der Waals surface area contributed by atoms with Crippen molar-refractivity contribution < 1.29 is 14.3 Å².